The fourth-order valence-electron chi connectivity index (χ4n) is 1.19. The van der Waals surface area contributed by atoms with Crippen LogP contribution >= 0.6 is 8.38 Å². The molecule has 76 valence electrons. The summed E-state index contributed by atoms with van der Waals surface area (Å²) in [5.41, 5.74) is 0. The number of rotatable bonds is 3. The number of para-hydroxylation sites is 1. The molecule has 0 aliphatic rings. The topological polar surface area (TPSA) is 29.5 Å². The Morgan fingerprint density at radius 2 is 1.33 bits per heavy atom. The van der Waals surface area contributed by atoms with E-state index in [1.165, 1.54) is 0 Å². The molecule has 0 radical (unpaired) electrons. The van der Waals surface area contributed by atoms with E-state index in [2.05, 4.69) is 0 Å². The van der Waals surface area contributed by atoms with Crippen LogP contribution in [0.3, 0.4) is 0 Å². The zero-order valence-corrected chi connectivity index (χ0v) is 8.97. The Bertz CT molecular complexity index is 402. The number of hydrogen-bond acceptors (Lipinski definition) is 2. The van der Waals surface area contributed by atoms with Gasteiger partial charge >= 0.3 is 0 Å². The van der Waals surface area contributed by atoms with E-state index in [1.807, 2.05) is 60.7 Å². The molecule has 1 N–H and O–H groups in total. The third kappa shape index (κ3) is 2.79. The van der Waals surface area contributed by atoms with Gasteiger partial charge in [0.1, 0.15) is 5.75 Å². The van der Waals surface area contributed by atoms with Crippen LogP contribution in [-0.4, -0.2) is 4.89 Å². The first-order chi connectivity index (χ1) is 7.36. The van der Waals surface area contributed by atoms with E-state index in [1.54, 1.807) is 0 Å². The Balaban J connectivity index is 2.08. The lowest BCUT2D eigenvalue weighted by molar-refractivity contribution is 0.499. The van der Waals surface area contributed by atoms with Crippen LogP contribution in [0, 0.1) is 0 Å². The standard InChI is InChI=1S/C12H11O2P/c13-15(12-9-5-2-6-10-12)14-11-7-3-1-4-8-11/h1-10,13H. The summed E-state index contributed by atoms with van der Waals surface area (Å²) in [6, 6.07) is 18.7. The smallest absolute Gasteiger partial charge is 0.262 e. The molecule has 0 fully saturated rings. The molecule has 2 aromatic carbocycles. The van der Waals surface area contributed by atoms with Gasteiger partial charge in [-0.3, -0.25) is 0 Å². The van der Waals surface area contributed by atoms with Crippen LogP contribution in [0.5, 0.6) is 5.75 Å². The Kier molecular flexibility index (Phi) is 3.33. The highest BCUT2D eigenvalue weighted by atomic mass is 31.2. The summed E-state index contributed by atoms with van der Waals surface area (Å²) in [4.78, 5) is 9.82. The maximum Gasteiger partial charge on any atom is 0.262 e. The average molecular weight is 218 g/mol. The van der Waals surface area contributed by atoms with Crippen molar-refractivity contribution in [1.82, 2.24) is 0 Å². The summed E-state index contributed by atoms with van der Waals surface area (Å²) in [6.45, 7) is 0. The van der Waals surface area contributed by atoms with Crippen LogP contribution in [0.15, 0.2) is 60.7 Å². The molecule has 0 aliphatic carbocycles. The van der Waals surface area contributed by atoms with E-state index in [0.29, 0.717) is 5.75 Å². The van der Waals surface area contributed by atoms with Crippen LogP contribution in [0.25, 0.3) is 0 Å². The van der Waals surface area contributed by atoms with Crippen LogP contribution in [0.4, 0.5) is 0 Å². The van der Waals surface area contributed by atoms with Crippen molar-refractivity contribution >= 4 is 13.7 Å². The molecule has 0 bridgehead atoms. The first kappa shape index (κ1) is 10.2. The van der Waals surface area contributed by atoms with Crippen molar-refractivity contribution in [2.45, 2.75) is 0 Å². The largest absolute Gasteiger partial charge is 0.444 e. The van der Waals surface area contributed by atoms with Gasteiger partial charge in [-0.05, 0) is 24.3 Å². The van der Waals surface area contributed by atoms with E-state index >= 15 is 0 Å². The van der Waals surface area contributed by atoms with Crippen molar-refractivity contribution in [3.05, 3.63) is 60.7 Å². The van der Waals surface area contributed by atoms with Gasteiger partial charge < -0.3 is 9.42 Å². The second-order valence-corrected chi connectivity index (χ2v) is 4.26. The van der Waals surface area contributed by atoms with Gasteiger partial charge in [0.2, 0.25) is 0 Å². The SMILES string of the molecule is OP(Oc1ccccc1)c1ccccc1. The van der Waals surface area contributed by atoms with Crippen molar-refractivity contribution in [3.63, 3.8) is 0 Å². The average Bonchev–Trinajstić information content (AvgIpc) is 2.31. The Morgan fingerprint density at radius 3 is 1.93 bits per heavy atom. The van der Waals surface area contributed by atoms with E-state index in [-0.39, 0.29) is 0 Å². The summed E-state index contributed by atoms with van der Waals surface area (Å²) in [6.07, 6.45) is 0. The highest BCUT2D eigenvalue weighted by Crippen LogP contribution is 2.32. The third-order valence-electron chi connectivity index (χ3n) is 1.91. The zero-order chi connectivity index (χ0) is 10.5. The van der Waals surface area contributed by atoms with Crippen LogP contribution < -0.4 is 9.83 Å². The molecule has 0 spiro atoms. The maximum absolute atomic E-state index is 9.82. The molecular formula is C12H11O2P. The first-order valence-electron chi connectivity index (χ1n) is 4.63. The minimum atomic E-state index is -1.55. The molecule has 3 heteroatoms. The zero-order valence-electron chi connectivity index (χ0n) is 8.08. The molecule has 15 heavy (non-hydrogen) atoms. The molecule has 0 saturated carbocycles. The summed E-state index contributed by atoms with van der Waals surface area (Å²) in [5.74, 6) is 0.690. The fourth-order valence-corrected chi connectivity index (χ4v) is 2.04. The molecule has 2 nitrogen and oxygen atoms in total. The summed E-state index contributed by atoms with van der Waals surface area (Å²) < 4.78 is 5.42. The second kappa shape index (κ2) is 4.92. The van der Waals surface area contributed by atoms with Crippen molar-refractivity contribution in [3.8, 4) is 5.75 Å². The van der Waals surface area contributed by atoms with E-state index < -0.39 is 8.38 Å². The number of benzene rings is 2. The Hall–Kier alpha value is -1.37. The van der Waals surface area contributed by atoms with Crippen molar-refractivity contribution in [2.24, 2.45) is 0 Å². The fraction of sp³-hybridized carbons (Fsp3) is 0. The molecule has 2 aromatic rings. The molecule has 0 saturated heterocycles. The van der Waals surface area contributed by atoms with E-state index in [9.17, 15) is 4.89 Å². The van der Waals surface area contributed by atoms with Gasteiger partial charge in [-0.1, -0.05) is 36.4 Å². The molecule has 2 rings (SSSR count). The van der Waals surface area contributed by atoms with Gasteiger partial charge in [-0.2, -0.15) is 0 Å². The molecule has 1 atom stereocenters. The van der Waals surface area contributed by atoms with Gasteiger partial charge in [0.05, 0.1) is 0 Å². The van der Waals surface area contributed by atoms with Gasteiger partial charge in [0.15, 0.2) is 0 Å². The predicted molar refractivity (Wildman–Crippen MR) is 62.3 cm³/mol. The second-order valence-electron chi connectivity index (χ2n) is 3.01. The van der Waals surface area contributed by atoms with Crippen LogP contribution in [0.1, 0.15) is 0 Å². The lowest BCUT2D eigenvalue weighted by atomic mass is 10.3. The van der Waals surface area contributed by atoms with Crippen molar-refractivity contribution in [1.29, 1.82) is 0 Å². The minimum Gasteiger partial charge on any atom is -0.444 e. The molecule has 0 heterocycles. The van der Waals surface area contributed by atoms with Crippen molar-refractivity contribution < 1.29 is 9.42 Å². The van der Waals surface area contributed by atoms with Crippen LogP contribution in [0.2, 0.25) is 0 Å². The lowest BCUT2D eigenvalue weighted by Crippen LogP contribution is -2.03. The number of hydrogen-bond donors (Lipinski definition) is 1. The normalized spacial score (nSPS) is 12.1. The van der Waals surface area contributed by atoms with Gasteiger partial charge in [-0.25, -0.2) is 0 Å². The van der Waals surface area contributed by atoms with Gasteiger partial charge in [0.25, 0.3) is 8.38 Å². The lowest BCUT2D eigenvalue weighted by Gasteiger charge is -2.11. The first-order valence-corrected chi connectivity index (χ1v) is 5.84. The molecular weight excluding hydrogens is 207 g/mol. The van der Waals surface area contributed by atoms with Gasteiger partial charge in [-0.15, -0.1) is 0 Å². The Morgan fingerprint density at radius 1 is 0.800 bits per heavy atom. The molecule has 0 amide bonds. The Labute approximate surface area is 90.1 Å². The van der Waals surface area contributed by atoms with E-state index in [4.69, 9.17) is 4.52 Å². The summed E-state index contributed by atoms with van der Waals surface area (Å²) in [7, 11) is -1.55. The van der Waals surface area contributed by atoms with Gasteiger partial charge in [0, 0.05) is 5.30 Å². The molecule has 0 aliphatic heterocycles. The molecule has 0 aromatic heterocycles. The highest BCUT2D eigenvalue weighted by molar-refractivity contribution is 7.55. The molecule has 1 unspecified atom stereocenters. The highest BCUT2D eigenvalue weighted by Gasteiger charge is 2.09. The monoisotopic (exact) mass is 218 g/mol. The van der Waals surface area contributed by atoms with Crippen molar-refractivity contribution in [2.75, 3.05) is 0 Å². The van der Waals surface area contributed by atoms with E-state index in [0.717, 1.165) is 5.30 Å². The predicted octanol–water partition coefficient (Wildman–Crippen LogP) is 2.70. The van der Waals surface area contributed by atoms with Crippen LogP contribution in [-0.2, 0) is 0 Å². The quantitative estimate of drug-likeness (QED) is 0.802. The minimum absolute atomic E-state index is 0.690. The summed E-state index contributed by atoms with van der Waals surface area (Å²) in [5, 5.41) is 0.816. The summed E-state index contributed by atoms with van der Waals surface area (Å²) >= 11 is 0. The maximum atomic E-state index is 9.82. The third-order valence-corrected chi connectivity index (χ3v) is 3.04.